The average Bonchev–Trinajstić information content (AvgIpc) is 3.18. The second-order valence-corrected chi connectivity index (χ2v) is 9.03. The molecule has 6 nitrogen and oxygen atoms in total. The van der Waals surface area contributed by atoms with Crippen LogP contribution in [0.4, 0.5) is 4.39 Å². The summed E-state index contributed by atoms with van der Waals surface area (Å²) in [6.45, 7) is 0. The molecule has 4 rings (SSSR count). The quantitative estimate of drug-likeness (QED) is 0.459. The largest absolute Gasteiger partial charge is 0.476 e. The van der Waals surface area contributed by atoms with E-state index < -0.39 is 17.7 Å². The lowest BCUT2D eigenvalue weighted by molar-refractivity contribution is -0.117. The first-order valence-corrected chi connectivity index (χ1v) is 11.4. The number of nitrogens with two attached hydrogens (primary N) is 1. The van der Waals surface area contributed by atoms with Crippen molar-refractivity contribution in [1.82, 2.24) is 9.55 Å². The number of primary amides is 1. The van der Waals surface area contributed by atoms with E-state index in [0.717, 1.165) is 32.1 Å². The van der Waals surface area contributed by atoms with E-state index in [1.54, 1.807) is 22.8 Å². The van der Waals surface area contributed by atoms with Gasteiger partial charge >= 0.3 is 5.97 Å². The van der Waals surface area contributed by atoms with Crippen LogP contribution in [0.2, 0.25) is 10.0 Å². The van der Waals surface area contributed by atoms with Gasteiger partial charge in [-0.3, -0.25) is 9.36 Å². The number of hydrogen-bond acceptors (Lipinski definition) is 3. The number of aromatic carboxylic acids is 1. The van der Waals surface area contributed by atoms with Crippen molar-refractivity contribution < 1.29 is 19.1 Å². The predicted molar refractivity (Wildman–Crippen MR) is 125 cm³/mol. The van der Waals surface area contributed by atoms with Crippen LogP contribution in [0.3, 0.4) is 0 Å². The number of benzene rings is 2. The molecule has 1 aliphatic rings. The van der Waals surface area contributed by atoms with Crippen LogP contribution in [0.5, 0.6) is 0 Å². The van der Waals surface area contributed by atoms with Crippen molar-refractivity contribution >= 4 is 35.1 Å². The minimum atomic E-state index is -1.22. The zero-order valence-corrected chi connectivity index (χ0v) is 19.2. The Bertz CT molecular complexity index is 1240. The molecule has 1 amide bonds. The first-order chi connectivity index (χ1) is 15.8. The molecule has 1 saturated carbocycles. The summed E-state index contributed by atoms with van der Waals surface area (Å²) in [4.78, 5) is 28.6. The molecule has 0 radical (unpaired) electrons. The van der Waals surface area contributed by atoms with Gasteiger partial charge in [0.05, 0.1) is 22.8 Å². The summed E-state index contributed by atoms with van der Waals surface area (Å²) in [5.74, 6) is -1.80. The topological polar surface area (TPSA) is 98.2 Å². The number of carboxylic acids is 1. The van der Waals surface area contributed by atoms with Crippen LogP contribution in [0.25, 0.3) is 16.9 Å². The molecule has 1 aliphatic carbocycles. The smallest absolute Gasteiger partial charge is 0.356 e. The van der Waals surface area contributed by atoms with Crippen molar-refractivity contribution in [3.63, 3.8) is 0 Å². The summed E-state index contributed by atoms with van der Waals surface area (Å²) in [6.07, 6.45) is 4.74. The summed E-state index contributed by atoms with van der Waals surface area (Å²) in [7, 11) is 0. The van der Waals surface area contributed by atoms with Crippen molar-refractivity contribution in [2.75, 3.05) is 0 Å². The van der Waals surface area contributed by atoms with Crippen molar-refractivity contribution in [2.45, 2.75) is 44.4 Å². The highest BCUT2D eigenvalue weighted by molar-refractivity contribution is 6.31. The second-order valence-electron chi connectivity index (χ2n) is 8.19. The van der Waals surface area contributed by atoms with Crippen LogP contribution in [-0.2, 0) is 11.2 Å². The van der Waals surface area contributed by atoms with E-state index in [1.807, 2.05) is 0 Å². The van der Waals surface area contributed by atoms with E-state index in [9.17, 15) is 19.1 Å². The van der Waals surface area contributed by atoms with Crippen LogP contribution < -0.4 is 5.73 Å². The Morgan fingerprint density at radius 3 is 2.48 bits per heavy atom. The normalized spacial score (nSPS) is 14.4. The van der Waals surface area contributed by atoms with Gasteiger partial charge in [-0.2, -0.15) is 0 Å². The molecule has 0 atom stereocenters. The Hall–Kier alpha value is -2.90. The Labute approximate surface area is 200 Å². The summed E-state index contributed by atoms with van der Waals surface area (Å²) >= 11 is 12.4. The monoisotopic (exact) mass is 489 g/mol. The number of amides is 1. The molecule has 2 aromatic carbocycles. The van der Waals surface area contributed by atoms with Gasteiger partial charge in [0, 0.05) is 16.5 Å². The van der Waals surface area contributed by atoms with Gasteiger partial charge < -0.3 is 10.8 Å². The SMILES string of the molecule is NC(=O)Cc1ccc(Cl)cc1-n1c(C2CCCCC2)nc(C(=O)O)c1-c1ccc(F)c(Cl)c1. The molecule has 1 heterocycles. The molecule has 0 bridgehead atoms. The van der Waals surface area contributed by atoms with Gasteiger partial charge in [0.1, 0.15) is 11.6 Å². The van der Waals surface area contributed by atoms with E-state index >= 15 is 0 Å². The lowest BCUT2D eigenvalue weighted by Crippen LogP contribution is -2.17. The number of nitrogens with zero attached hydrogens (tertiary/aromatic N) is 2. The molecule has 0 aliphatic heterocycles. The first kappa shape index (κ1) is 23.3. The maximum atomic E-state index is 13.9. The molecular weight excluding hydrogens is 468 g/mol. The first-order valence-electron chi connectivity index (χ1n) is 10.6. The molecule has 0 spiro atoms. The lowest BCUT2D eigenvalue weighted by atomic mass is 9.88. The highest BCUT2D eigenvalue weighted by Gasteiger charge is 2.30. The molecular formula is C24H22Cl2FN3O3. The van der Waals surface area contributed by atoms with Crippen LogP contribution >= 0.6 is 23.2 Å². The minimum Gasteiger partial charge on any atom is -0.476 e. The molecule has 1 aromatic heterocycles. The van der Waals surface area contributed by atoms with Crippen molar-refractivity contribution in [3.8, 4) is 16.9 Å². The third-order valence-corrected chi connectivity index (χ3v) is 6.45. The lowest BCUT2D eigenvalue weighted by Gasteiger charge is -2.24. The Kier molecular flexibility index (Phi) is 6.72. The third kappa shape index (κ3) is 4.75. The molecule has 0 saturated heterocycles. The van der Waals surface area contributed by atoms with Crippen molar-refractivity contribution in [3.05, 3.63) is 69.3 Å². The molecule has 33 heavy (non-hydrogen) atoms. The van der Waals surface area contributed by atoms with Gasteiger partial charge in [-0.1, -0.05) is 48.5 Å². The Morgan fingerprint density at radius 2 is 1.85 bits per heavy atom. The third-order valence-electron chi connectivity index (χ3n) is 5.92. The van der Waals surface area contributed by atoms with Gasteiger partial charge in [-0.05, 0) is 48.7 Å². The zero-order valence-electron chi connectivity index (χ0n) is 17.7. The number of carbonyl (C=O) groups excluding carboxylic acids is 1. The number of carboxylic acid groups (broad SMARTS) is 1. The van der Waals surface area contributed by atoms with E-state index in [4.69, 9.17) is 28.9 Å². The van der Waals surface area contributed by atoms with E-state index in [-0.39, 0.29) is 28.7 Å². The maximum Gasteiger partial charge on any atom is 0.356 e. The summed E-state index contributed by atoms with van der Waals surface area (Å²) in [5.41, 5.74) is 7.03. The fourth-order valence-corrected chi connectivity index (χ4v) is 4.80. The predicted octanol–water partition coefficient (Wildman–Crippen LogP) is 5.76. The van der Waals surface area contributed by atoms with Gasteiger partial charge in [0.25, 0.3) is 0 Å². The average molecular weight is 490 g/mol. The molecule has 3 N–H and O–H groups in total. The number of aromatic nitrogens is 2. The highest BCUT2D eigenvalue weighted by Crippen LogP contribution is 2.39. The van der Waals surface area contributed by atoms with Crippen LogP contribution in [0.15, 0.2) is 36.4 Å². The maximum absolute atomic E-state index is 13.9. The number of imidazole rings is 1. The van der Waals surface area contributed by atoms with E-state index in [2.05, 4.69) is 4.98 Å². The highest BCUT2D eigenvalue weighted by atomic mass is 35.5. The fraction of sp³-hybridized carbons (Fsp3) is 0.292. The summed E-state index contributed by atoms with van der Waals surface area (Å²) in [6, 6.07) is 9.02. The number of rotatable bonds is 6. The van der Waals surface area contributed by atoms with Gasteiger partial charge in [0.15, 0.2) is 5.69 Å². The Morgan fingerprint density at radius 1 is 1.12 bits per heavy atom. The fourth-order valence-electron chi connectivity index (χ4n) is 4.46. The molecule has 9 heteroatoms. The van der Waals surface area contributed by atoms with Gasteiger partial charge in [-0.25, -0.2) is 14.2 Å². The number of carbonyl (C=O) groups is 2. The molecule has 3 aromatic rings. The van der Waals surface area contributed by atoms with Crippen molar-refractivity contribution in [2.24, 2.45) is 5.73 Å². The van der Waals surface area contributed by atoms with Crippen LogP contribution in [-0.4, -0.2) is 26.5 Å². The van der Waals surface area contributed by atoms with Crippen molar-refractivity contribution in [1.29, 1.82) is 0 Å². The standard InChI is InChI=1S/C24H22Cl2FN3O3/c25-16-8-6-14(11-20(28)31)19(12-16)30-22(15-7-9-18(27)17(26)10-15)21(24(32)33)29-23(30)13-4-2-1-3-5-13/h6-10,12-13H,1-5,11H2,(H2,28,31)(H,32,33). The molecule has 172 valence electrons. The van der Waals surface area contributed by atoms with E-state index in [1.165, 1.54) is 18.2 Å². The van der Waals surface area contributed by atoms with Gasteiger partial charge in [0.2, 0.25) is 5.91 Å². The van der Waals surface area contributed by atoms with Crippen LogP contribution in [0.1, 0.15) is 59.9 Å². The van der Waals surface area contributed by atoms with E-state index in [0.29, 0.717) is 27.7 Å². The molecule has 1 fully saturated rings. The summed E-state index contributed by atoms with van der Waals surface area (Å²) in [5, 5.41) is 10.3. The Balaban J connectivity index is 2.07. The minimum absolute atomic E-state index is 0.0157. The van der Waals surface area contributed by atoms with Crippen LogP contribution in [0, 0.1) is 5.82 Å². The second kappa shape index (κ2) is 9.53. The number of hydrogen-bond donors (Lipinski definition) is 2. The zero-order chi connectivity index (χ0) is 23.7. The van der Waals surface area contributed by atoms with Gasteiger partial charge in [-0.15, -0.1) is 0 Å². The molecule has 0 unspecified atom stereocenters. The number of halogens is 3. The summed E-state index contributed by atoms with van der Waals surface area (Å²) < 4.78 is 15.6.